The van der Waals surface area contributed by atoms with E-state index in [1.54, 1.807) is 0 Å². The molecule has 0 aromatic carbocycles. The third-order valence-electron chi connectivity index (χ3n) is 1.79. The molecule has 0 unspecified atom stereocenters. The minimum Gasteiger partial charge on any atom is -0.473 e. The van der Waals surface area contributed by atoms with Crippen LogP contribution in [0.1, 0.15) is 20.8 Å². The Kier molecular flexibility index (Phi) is 5.85. The van der Waals surface area contributed by atoms with Gasteiger partial charge < -0.3 is 14.8 Å². The molecular formula is C10H17N3O3S. The highest BCUT2D eigenvalue weighted by atomic mass is 32.1. The van der Waals surface area contributed by atoms with Crippen molar-refractivity contribution in [2.24, 2.45) is 0 Å². The summed E-state index contributed by atoms with van der Waals surface area (Å²) in [7, 11) is 0. The highest BCUT2D eigenvalue weighted by Crippen LogP contribution is 2.23. The molecule has 0 amide bonds. The van der Waals surface area contributed by atoms with Crippen LogP contribution in [0.25, 0.3) is 0 Å². The van der Waals surface area contributed by atoms with Gasteiger partial charge in [-0.05, 0) is 6.92 Å². The van der Waals surface area contributed by atoms with E-state index in [2.05, 4.69) is 14.1 Å². The van der Waals surface area contributed by atoms with Gasteiger partial charge in [-0.15, -0.1) is 8.75 Å². The average Bonchev–Trinajstić information content (AvgIpc) is 2.71. The lowest BCUT2D eigenvalue weighted by molar-refractivity contribution is -0.120. The van der Waals surface area contributed by atoms with Gasteiger partial charge in [-0.25, -0.2) is 0 Å². The molecule has 0 radical (unpaired) electrons. The van der Waals surface area contributed by atoms with Crippen LogP contribution in [0.3, 0.4) is 0 Å². The van der Waals surface area contributed by atoms with Crippen LogP contribution in [0.15, 0.2) is 0 Å². The number of hydrogen-bond acceptors (Lipinski definition) is 7. The molecule has 1 heterocycles. The van der Waals surface area contributed by atoms with Crippen LogP contribution < -0.4 is 14.8 Å². The molecule has 0 atom stereocenters. The monoisotopic (exact) mass is 259 g/mol. The van der Waals surface area contributed by atoms with E-state index in [4.69, 9.17) is 9.47 Å². The number of nitrogens with zero attached hydrogens (tertiary/aromatic N) is 2. The van der Waals surface area contributed by atoms with Gasteiger partial charge in [0.15, 0.2) is 5.78 Å². The molecule has 0 aliphatic heterocycles. The number of nitrogens with one attached hydrogen (secondary N) is 1. The van der Waals surface area contributed by atoms with Crippen molar-refractivity contribution in [1.82, 2.24) is 14.1 Å². The third kappa shape index (κ3) is 5.10. The Morgan fingerprint density at radius 2 is 2.00 bits per heavy atom. The second-order valence-electron chi connectivity index (χ2n) is 3.67. The van der Waals surface area contributed by atoms with Crippen LogP contribution in [0.5, 0.6) is 11.8 Å². The predicted molar refractivity (Wildman–Crippen MR) is 64.7 cm³/mol. The first-order chi connectivity index (χ1) is 8.13. The van der Waals surface area contributed by atoms with Gasteiger partial charge in [0.05, 0.1) is 24.9 Å². The number of ketones is 1. The molecule has 1 aromatic rings. The Morgan fingerprint density at radius 1 is 1.35 bits per heavy atom. The topological polar surface area (TPSA) is 73.3 Å². The summed E-state index contributed by atoms with van der Waals surface area (Å²) in [4.78, 5) is 11.4. The first kappa shape index (κ1) is 13.9. The maximum atomic E-state index is 11.4. The maximum absolute atomic E-state index is 11.4. The van der Waals surface area contributed by atoms with Gasteiger partial charge >= 0.3 is 0 Å². The molecule has 1 aromatic heterocycles. The number of rotatable bonds is 8. The largest absolute Gasteiger partial charge is 0.473 e. The lowest BCUT2D eigenvalue weighted by Crippen LogP contribution is -2.31. The highest BCUT2D eigenvalue weighted by molar-refractivity contribution is 6.99. The fourth-order valence-electron chi connectivity index (χ4n) is 1.00. The van der Waals surface area contributed by atoms with Gasteiger partial charge in [-0.3, -0.25) is 4.79 Å². The zero-order chi connectivity index (χ0) is 12.7. The molecule has 7 heteroatoms. The van der Waals surface area contributed by atoms with Crippen molar-refractivity contribution in [3.8, 4) is 11.8 Å². The SMILES string of the molecule is CCOc1nsnc1OCC(=O)CNC(C)C. The molecule has 1 N–H and O–H groups in total. The molecular weight excluding hydrogens is 242 g/mol. The van der Waals surface area contributed by atoms with Crippen LogP contribution in [0.4, 0.5) is 0 Å². The van der Waals surface area contributed by atoms with Gasteiger partial charge in [0, 0.05) is 6.04 Å². The number of carbonyl (C=O) groups is 1. The van der Waals surface area contributed by atoms with Gasteiger partial charge in [-0.2, -0.15) is 0 Å². The van der Waals surface area contributed by atoms with E-state index >= 15 is 0 Å². The van der Waals surface area contributed by atoms with Crippen molar-refractivity contribution < 1.29 is 14.3 Å². The van der Waals surface area contributed by atoms with Crippen molar-refractivity contribution in [1.29, 1.82) is 0 Å². The number of ether oxygens (including phenoxy) is 2. The van der Waals surface area contributed by atoms with Gasteiger partial charge in [0.2, 0.25) is 0 Å². The summed E-state index contributed by atoms with van der Waals surface area (Å²) >= 11 is 0.999. The van der Waals surface area contributed by atoms with Gasteiger partial charge in [0.25, 0.3) is 11.8 Å². The van der Waals surface area contributed by atoms with Crippen molar-refractivity contribution in [2.75, 3.05) is 19.8 Å². The number of Topliss-reactive ketones (excluding diaryl/α,β-unsaturated/α-hetero) is 1. The fraction of sp³-hybridized carbons (Fsp3) is 0.700. The van der Waals surface area contributed by atoms with E-state index in [1.165, 1.54) is 0 Å². The summed E-state index contributed by atoms with van der Waals surface area (Å²) in [5.74, 6) is 0.603. The zero-order valence-corrected chi connectivity index (χ0v) is 11.0. The molecule has 0 bridgehead atoms. The predicted octanol–water partition coefficient (Wildman–Crippen LogP) is 0.883. The number of carbonyl (C=O) groups excluding carboxylic acids is 1. The molecule has 17 heavy (non-hydrogen) atoms. The normalized spacial score (nSPS) is 10.6. The smallest absolute Gasteiger partial charge is 0.291 e. The summed E-state index contributed by atoms with van der Waals surface area (Å²) in [6, 6.07) is 0.277. The van der Waals surface area contributed by atoms with Crippen LogP contribution in [-0.4, -0.2) is 40.3 Å². The first-order valence-electron chi connectivity index (χ1n) is 5.46. The summed E-state index contributed by atoms with van der Waals surface area (Å²) in [5.41, 5.74) is 0. The zero-order valence-electron chi connectivity index (χ0n) is 10.2. The second-order valence-corrected chi connectivity index (χ2v) is 4.20. The van der Waals surface area contributed by atoms with Crippen molar-refractivity contribution in [3.63, 3.8) is 0 Å². The van der Waals surface area contributed by atoms with E-state index in [9.17, 15) is 4.79 Å². The van der Waals surface area contributed by atoms with E-state index in [1.807, 2.05) is 20.8 Å². The van der Waals surface area contributed by atoms with Crippen LogP contribution >= 0.6 is 11.7 Å². The Hall–Kier alpha value is -1.21. The molecule has 1 rings (SSSR count). The van der Waals surface area contributed by atoms with Crippen molar-refractivity contribution >= 4 is 17.5 Å². The van der Waals surface area contributed by atoms with Crippen molar-refractivity contribution in [2.45, 2.75) is 26.8 Å². The Labute approximate surface area is 105 Å². The minimum absolute atomic E-state index is 0.0226. The van der Waals surface area contributed by atoms with E-state index in [0.717, 1.165) is 11.7 Å². The minimum atomic E-state index is -0.0332. The summed E-state index contributed by atoms with van der Waals surface area (Å²) in [5, 5.41) is 3.02. The highest BCUT2D eigenvalue weighted by Gasteiger charge is 2.12. The molecule has 0 spiro atoms. The van der Waals surface area contributed by atoms with Crippen molar-refractivity contribution in [3.05, 3.63) is 0 Å². The summed E-state index contributed by atoms with van der Waals surface area (Å²) < 4.78 is 18.3. The second kappa shape index (κ2) is 7.18. The van der Waals surface area contributed by atoms with Gasteiger partial charge in [-0.1, -0.05) is 13.8 Å². The number of aromatic nitrogens is 2. The van der Waals surface area contributed by atoms with Crippen LogP contribution in [0, 0.1) is 0 Å². The van der Waals surface area contributed by atoms with Crippen LogP contribution in [0.2, 0.25) is 0 Å². The maximum Gasteiger partial charge on any atom is 0.291 e. The van der Waals surface area contributed by atoms with Crippen LogP contribution in [-0.2, 0) is 4.79 Å². The van der Waals surface area contributed by atoms with E-state index in [-0.39, 0.29) is 24.3 Å². The molecule has 0 fully saturated rings. The molecule has 0 saturated heterocycles. The average molecular weight is 259 g/mol. The fourth-order valence-corrected chi connectivity index (χ4v) is 1.45. The molecule has 96 valence electrons. The Balaban J connectivity index is 2.34. The lowest BCUT2D eigenvalue weighted by atomic mass is 10.3. The Morgan fingerprint density at radius 3 is 2.59 bits per heavy atom. The van der Waals surface area contributed by atoms with E-state index < -0.39 is 0 Å². The molecule has 6 nitrogen and oxygen atoms in total. The number of hydrogen-bond donors (Lipinski definition) is 1. The molecule has 0 aliphatic rings. The third-order valence-corrected chi connectivity index (χ3v) is 2.28. The molecule has 0 aliphatic carbocycles. The summed E-state index contributed by atoms with van der Waals surface area (Å²) in [6.07, 6.45) is 0. The Bertz CT molecular complexity index is 354. The van der Waals surface area contributed by atoms with Gasteiger partial charge in [0.1, 0.15) is 6.61 Å². The van der Waals surface area contributed by atoms with E-state index in [0.29, 0.717) is 19.0 Å². The lowest BCUT2D eigenvalue weighted by Gasteiger charge is -2.07. The summed E-state index contributed by atoms with van der Waals surface area (Å²) in [6.45, 7) is 6.56. The quantitative estimate of drug-likeness (QED) is 0.747. The first-order valence-corrected chi connectivity index (χ1v) is 6.19. The standard InChI is InChI=1S/C10H17N3O3S/c1-4-15-9-10(13-17-12-9)16-6-8(14)5-11-7(2)3/h7,11H,4-6H2,1-3H3. The molecule has 0 saturated carbocycles.